The Morgan fingerprint density at radius 3 is 2.59 bits per heavy atom. The van der Waals surface area contributed by atoms with E-state index in [4.69, 9.17) is 27.9 Å². The van der Waals surface area contributed by atoms with E-state index in [2.05, 4.69) is 20.6 Å². The summed E-state index contributed by atoms with van der Waals surface area (Å²) in [5.41, 5.74) is 0.535. The number of aryl methyl sites for hydroxylation is 1. The lowest BCUT2D eigenvalue weighted by Crippen LogP contribution is -2.55. The molecule has 0 spiro atoms. The number of carbonyl (C=O) groups is 3. The minimum absolute atomic E-state index is 0.0306. The van der Waals surface area contributed by atoms with Crippen LogP contribution in [0, 0.1) is 6.92 Å². The topological polar surface area (TPSA) is 157 Å². The van der Waals surface area contributed by atoms with Crippen molar-refractivity contribution in [1.82, 2.24) is 20.6 Å². The molecule has 0 aliphatic carbocycles. The summed E-state index contributed by atoms with van der Waals surface area (Å²) in [4.78, 5) is 45.5. The Morgan fingerprint density at radius 2 is 2.03 bits per heavy atom. The Balaban J connectivity index is 1.73. The quantitative estimate of drug-likeness (QED) is 0.344. The van der Waals surface area contributed by atoms with Gasteiger partial charge in [-0.3, -0.25) is 9.59 Å². The second-order valence-corrected chi connectivity index (χ2v) is 9.61. The second kappa shape index (κ2) is 10.9. The van der Waals surface area contributed by atoms with Crippen LogP contribution in [0.25, 0.3) is 0 Å². The maximum absolute atomic E-state index is 12.7. The molecular weight excluding hydrogens is 509 g/mol. The molecule has 3 atom stereocenters. The zero-order valence-electron chi connectivity index (χ0n) is 18.6. The summed E-state index contributed by atoms with van der Waals surface area (Å²) in [6, 6.07) is -0.347. The highest BCUT2D eigenvalue weighted by Gasteiger charge is 2.34. The number of carboxylic acid groups (broad SMARTS) is 1. The molecule has 1 saturated heterocycles. The van der Waals surface area contributed by atoms with Crippen LogP contribution in [-0.2, 0) is 4.74 Å². The third kappa shape index (κ3) is 5.63. The van der Waals surface area contributed by atoms with Crippen molar-refractivity contribution in [3.63, 3.8) is 0 Å². The number of nitrogens with one attached hydrogen (secondary N) is 3. The molecule has 5 N–H and O–H groups in total. The van der Waals surface area contributed by atoms with E-state index < -0.39 is 30.0 Å². The number of carboxylic acids is 1. The van der Waals surface area contributed by atoms with Crippen molar-refractivity contribution in [2.24, 2.45) is 0 Å². The molecule has 1 unspecified atom stereocenters. The molecular formula is C20H25Cl2N5O6S. The van der Waals surface area contributed by atoms with Crippen molar-refractivity contribution in [3.05, 3.63) is 32.0 Å². The average Bonchev–Trinajstić information content (AvgIpc) is 3.35. The highest BCUT2D eigenvalue weighted by atomic mass is 35.5. The van der Waals surface area contributed by atoms with Gasteiger partial charge in [-0.25, -0.2) is 9.78 Å². The molecule has 1 aliphatic rings. The number of H-pyrrole nitrogens is 1. The Morgan fingerprint density at radius 1 is 1.32 bits per heavy atom. The minimum Gasteiger partial charge on any atom is -0.477 e. The van der Waals surface area contributed by atoms with Gasteiger partial charge in [0.2, 0.25) is 0 Å². The van der Waals surface area contributed by atoms with Gasteiger partial charge in [-0.15, -0.1) is 0 Å². The van der Waals surface area contributed by atoms with Gasteiger partial charge in [-0.1, -0.05) is 34.5 Å². The number of ether oxygens (including phenoxy) is 1. The first-order valence-corrected chi connectivity index (χ1v) is 11.9. The molecule has 2 amide bonds. The number of carbonyl (C=O) groups excluding carboxylic acids is 2. The number of aromatic nitrogens is 2. The zero-order valence-corrected chi connectivity index (χ0v) is 21.0. The number of thiazole rings is 1. The van der Waals surface area contributed by atoms with Gasteiger partial charge in [0.25, 0.3) is 11.8 Å². The summed E-state index contributed by atoms with van der Waals surface area (Å²) in [5, 5.41) is 25.0. The van der Waals surface area contributed by atoms with Gasteiger partial charge in [0.15, 0.2) is 10.8 Å². The van der Waals surface area contributed by atoms with Crippen LogP contribution in [0.2, 0.25) is 10.0 Å². The van der Waals surface area contributed by atoms with Gasteiger partial charge in [0.05, 0.1) is 28.3 Å². The first-order chi connectivity index (χ1) is 16.0. The van der Waals surface area contributed by atoms with E-state index in [-0.39, 0.29) is 38.9 Å². The third-order valence-corrected chi connectivity index (χ3v) is 7.36. The van der Waals surface area contributed by atoms with E-state index in [1.165, 1.54) is 14.0 Å². The molecule has 2 aromatic heterocycles. The fourth-order valence-corrected chi connectivity index (χ4v) is 4.88. The van der Waals surface area contributed by atoms with Crippen molar-refractivity contribution < 1.29 is 29.3 Å². The number of methoxy groups -OCH3 is 1. The number of aliphatic hydroxyl groups excluding tert-OH is 1. The monoisotopic (exact) mass is 533 g/mol. The largest absolute Gasteiger partial charge is 0.477 e. The van der Waals surface area contributed by atoms with E-state index in [9.17, 15) is 24.6 Å². The summed E-state index contributed by atoms with van der Waals surface area (Å²) < 4.78 is 5.58. The molecule has 3 rings (SSSR count). The van der Waals surface area contributed by atoms with Crippen LogP contribution in [0.1, 0.15) is 49.7 Å². The molecule has 34 heavy (non-hydrogen) atoms. The second-order valence-electron chi connectivity index (χ2n) is 7.88. The van der Waals surface area contributed by atoms with Crippen molar-refractivity contribution in [2.75, 3.05) is 31.6 Å². The van der Waals surface area contributed by atoms with Crippen LogP contribution in [0.4, 0.5) is 5.13 Å². The number of amides is 2. The number of anilines is 1. The zero-order chi connectivity index (χ0) is 25.2. The first-order valence-electron chi connectivity index (χ1n) is 10.4. The maximum atomic E-state index is 12.7. The molecule has 0 radical (unpaired) electrons. The number of hydrogen-bond donors (Lipinski definition) is 5. The summed E-state index contributed by atoms with van der Waals surface area (Å²) in [5.74, 6) is -2.36. The summed E-state index contributed by atoms with van der Waals surface area (Å²) in [6.45, 7) is 3.92. The predicted molar refractivity (Wildman–Crippen MR) is 128 cm³/mol. The number of piperidine rings is 1. The van der Waals surface area contributed by atoms with Crippen molar-refractivity contribution >= 4 is 57.5 Å². The lowest BCUT2D eigenvalue weighted by atomic mass is 10.0. The number of rotatable bonds is 8. The molecule has 0 bridgehead atoms. The summed E-state index contributed by atoms with van der Waals surface area (Å²) in [6.07, 6.45) is -0.749. The van der Waals surface area contributed by atoms with Gasteiger partial charge in [-0.05, 0) is 20.3 Å². The van der Waals surface area contributed by atoms with E-state index in [1.54, 1.807) is 6.92 Å². The fraction of sp³-hybridized carbons (Fsp3) is 0.500. The van der Waals surface area contributed by atoms with E-state index >= 15 is 0 Å². The lowest BCUT2D eigenvalue weighted by molar-refractivity contribution is 0.0540. The third-order valence-electron chi connectivity index (χ3n) is 5.31. The number of aliphatic hydroxyl groups is 1. The number of aromatic amines is 1. The van der Waals surface area contributed by atoms with Gasteiger partial charge in [0.1, 0.15) is 10.6 Å². The smallest absolute Gasteiger partial charge is 0.348 e. The highest BCUT2D eigenvalue weighted by molar-refractivity contribution is 7.17. The average molecular weight is 534 g/mol. The molecule has 0 saturated carbocycles. The normalized spacial score (nSPS) is 19.1. The van der Waals surface area contributed by atoms with E-state index in [0.717, 1.165) is 11.3 Å². The molecule has 186 valence electrons. The number of hydrogen-bond acceptors (Lipinski definition) is 8. The number of nitrogens with zero attached hydrogens (tertiary/aromatic N) is 2. The highest BCUT2D eigenvalue weighted by Crippen LogP contribution is 2.31. The Hall–Kier alpha value is -2.38. The molecule has 3 heterocycles. The molecule has 2 aromatic rings. The van der Waals surface area contributed by atoms with Crippen LogP contribution in [0.3, 0.4) is 0 Å². The minimum atomic E-state index is -1.27. The fourth-order valence-electron chi connectivity index (χ4n) is 3.53. The van der Waals surface area contributed by atoms with Crippen LogP contribution in [0.15, 0.2) is 0 Å². The molecule has 1 fully saturated rings. The summed E-state index contributed by atoms with van der Waals surface area (Å²) >= 11 is 13.1. The van der Waals surface area contributed by atoms with Crippen LogP contribution in [-0.4, -0.2) is 83.0 Å². The van der Waals surface area contributed by atoms with E-state index in [1.807, 2.05) is 4.90 Å². The molecule has 11 nitrogen and oxygen atoms in total. The molecule has 0 aromatic carbocycles. The van der Waals surface area contributed by atoms with Crippen LogP contribution in [0.5, 0.6) is 0 Å². The maximum Gasteiger partial charge on any atom is 0.348 e. The Bertz CT molecular complexity index is 1090. The first kappa shape index (κ1) is 26.2. The van der Waals surface area contributed by atoms with Crippen molar-refractivity contribution in [3.8, 4) is 0 Å². The molecule has 14 heteroatoms. The van der Waals surface area contributed by atoms with Gasteiger partial charge < -0.3 is 35.5 Å². The van der Waals surface area contributed by atoms with Gasteiger partial charge in [-0.2, -0.15) is 0 Å². The lowest BCUT2D eigenvalue weighted by Gasteiger charge is -2.37. The number of halogens is 2. The number of aromatic carboxylic acids is 1. The molecule has 1 aliphatic heterocycles. The standard InChI is InChI=1S/C20H25Cl2N5O6S/c1-8(28)6-23-17(29)15-16(19(31)32)34-20(26-15)27-5-4-10(11(7-27)33-3)25-18(30)14-13(22)12(21)9(2)24-14/h8,10-11,24,28H,4-7H2,1-3H3,(H,23,29)(H,25,30)(H,31,32)/t8?,10-,11+/m1/s1. The Kier molecular flexibility index (Phi) is 8.42. The van der Waals surface area contributed by atoms with Crippen LogP contribution < -0.4 is 15.5 Å². The summed E-state index contributed by atoms with van der Waals surface area (Å²) in [7, 11) is 1.51. The van der Waals surface area contributed by atoms with Gasteiger partial charge in [0, 0.05) is 32.4 Å². The van der Waals surface area contributed by atoms with Crippen molar-refractivity contribution in [2.45, 2.75) is 38.5 Å². The van der Waals surface area contributed by atoms with Crippen LogP contribution >= 0.6 is 34.5 Å². The van der Waals surface area contributed by atoms with Crippen molar-refractivity contribution in [1.29, 1.82) is 0 Å². The van der Waals surface area contributed by atoms with Gasteiger partial charge >= 0.3 is 5.97 Å². The predicted octanol–water partition coefficient (Wildman–Crippen LogP) is 1.92. The SMILES string of the molecule is CO[C@H]1CN(c2nc(C(=O)NCC(C)O)c(C(=O)O)s2)CC[C@H]1NC(=O)c1[nH]c(C)c(Cl)c1Cl. The Labute approximate surface area is 209 Å². The van der Waals surface area contributed by atoms with E-state index in [0.29, 0.717) is 30.3 Å².